The van der Waals surface area contributed by atoms with E-state index in [1.165, 1.54) is 5.56 Å². The van der Waals surface area contributed by atoms with E-state index in [-0.39, 0.29) is 0 Å². The lowest BCUT2D eigenvalue weighted by Gasteiger charge is -2.08. The van der Waals surface area contributed by atoms with Crippen LogP contribution in [0.25, 0.3) is 34.0 Å². The van der Waals surface area contributed by atoms with Crippen LogP contribution in [0.1, 0.15) is 17.7 Å². The number of imidazole rings is 1. The topological polar surface area (TPSA) is 112 Å². The number of rotatable bonds is 7. The van der Waals surface area contributed by atoms with E-state index < -0.39 is 0 Å². The van der Waals surface area contributed by atoms with Gasteiger partial charge in [0.25, 0.3) is 0 Å². The van der Waals surface area contributed by atoms with Crippen molar-refractivity contribution in [2.75, 3.05) is 0 Å². The van der Waals surface area contributed by atoms with E-state index in [4.69, 9.17) is 5.26 Å². The first-order valence-electron chi connectivity index (χ1n) is 10.3. The van der Waals surface area contributed by atoms with Crippen molar-refractivity contribution in [3.63, 3.8) is 0 Å². The second-order valence-corrected chi connectivity index (χ2v) is 7.40. The van der Waals surface area contributed by atoms with Gasteiger partial charge in [-0.2, -0.15) is 10.5 Å². The normalized spacial score (nSPS) is 10.8. The number of benzene rings is 2. The van der Waals surface area contributed by atoms with E-state index >= 15 is 0 Å². The Morgan fingerprint density at radius 3 is 2.59 bits per heavy atom. The van der Waals surface area contributed by atoms with E-state index in [0.717, 1.165) is 40.3 Å². The fourth-order valence-electron chi connectivity index (χ4n) is 3.81. The lowest BCUT2D eigenvalue weighted by molar-refractivity contribution is 0.721. The molecule has 156 valence electrons. The molecule has 0 aliphatic rings. The molecule has 0 fully saturated rings. The summed E-state index contributed by atoms with van der Waals surface area (Å²) in [7, 11) is 0. The molecule has 0 bridgehead atoms. The van der Waals surface area contributed by atoms with Crippen LogP contribution in [0, 0.1) is 11.3 Å². The van der Waals surface area contributed by atoms with Gasteiger partial charge in [0.15, 0.2) is 5.82 Å². The molecule has 2 aromatic carbocycles. The lowest BCUT2D eigenvalue weighted by Crippen LogP contribution is -1.99. The average molecular weight is 420 g/mol. The SMILES string of the molecule is N#CCCn1ccnc1-c1ccc(Cc2ccc(-c3ccccc3-c3nn[nH]n3)cc2)[nH]1. The van der Waals surface area contributed by atoms with E-state index in [2.05, 4.69) is 73.1 Å². The van der Waals surface area contributed by atoms with Gasteiger partial charge in [-0.05, 0) is 34.0 Å². The Labute approximate surface area is 184 Å². The van der Waals surface area contributed by atoms with E-state index in [1.54, 1.807) is 6.20 Å². The summed E-state index contributed by atoms with van der Waals surface area (Å²) in [5.74, 6) is 1.43. The van der Waals surface area contributed by atoms with Crippen LogP contribution in [0.5, 0.6) is 0 Å². The average Bonchev–Trinajstić information content (AvgIpc) is 3.60. The first-order chi connectivity index (χ1) is 15.8. The zero-order valence-corrected chi connectivity index (χ0v) is 17.2. The Morgan fingerprint density at radius 2 is 1.81 bits per heavy atom. The van der Waals surface area contributed by atoms with E-state index in [0.29, 0.717) is 18.8 Å². The van der Waals surface area contributed by atoms with Gasteiger partial charge in [-0.15, -0.1) is 10.2 Å². The second-order valence-electron chi connectivity index (χ2n) is 7.40. The third-order valence-electron chi connectivity index (χ3n) is 5.34. The molecule has 0 aliphatic carbocycles. The molecule has 0 amide bonds. The van der Waals surface area contributed by atoms with Crippen LogP contribution in [-0.2, 0) is 13.0 Å². The molecule has 0 unspecified atom stereocenters. The number of nitrogens with one attached hydrogen (secondary N) is 2. The van der Waals surface area contributed by atoms with E-state index in [9.17, 15) is 0 Å². The number of aryl methyl sites for hydroxylation is 1. The Kier molecular flexibility index (Phi) is 5.29. The predicted octanol–water partition coefficient (Wildman–Crippen LogP) is 4.23. The molecule has 5 aromatic rings. The summed E-state index contributed by atoms with van der Waals surface area (Å²) in [6, 6.07) is 22.8. The van der Waals surface area contributed by atoms with Gasteiger partial charge in [-0.3, -0.25) is 0 Å². The maximum absolute atomic E-state index is 8.85. The summed E-state index contributed by atoms with van der Waals surface area (Å²) in [4.78, 5) is 7.90. The largest absolute Gasteiger partial charge is 0.356 e. The summed E-state index contributed by atoms with van der Waals surface area (Å²) < 4.78 is 1.99. The van der Waals surface area contributed by atoms with E-state index in [1.807, 2.05) is 35.0 Å². The molecular formula is C24H20N8. The Balaban J connectivity index is 1.34. The highest BCUT2D eigenvalue weighted by molar-refractivity contribution is 5.80. The summed E-state index contributed by atoms with van der Waals surface area (Å²) in [5, 5.41) is 23.3. The minimum absolute atomic E-state index is 0.457. The second kappa shape index (κ2) is 8.70. The van der Waals surface area contributed by atoms with Gasteiger partial charge < -0.3 is 9.55 Å². The molecule has 8 heteroatoms. The van der Waals surface area contributed by atoms with Crippen LogP contribution < -0.4 is 0 Å². The van der Waals surface area contributed by atoms with Gasteiger partial charge in [-0.1, -0.05) is 48.5 Å². The van der Waals surface area contributed by atoms with Gasteiger partial charge in [0.1, 0.15) is 0 Å². The summed E-state index contributed by atoms with van der Waals surface area (Å²) in [5.41, 5.74) is 6.36. The number of aromatic nitrogens is 7. The van der Waals surface area contributed by atoms with Gasteiger partial charge in [-0.25, -0.2) is 4.98 Å². The summed E-state index contributed by atoms with van der Waals surface area (Å²) in [6.45, 7) is 0.632. The zero-order chi connectivity index (χ0) is 21.8. The first kappa shape index (κ1) is 19.5. The van der Waals surface area contributed by atoms with Crippen molar-refractivity contribution < 1.29 is 0 Å². The number of nitriles is 1. The molecule has 0 saturated heterocycles. The highest BCUT2D eigenvalue weighted by atomic mass is 15.5. The molecule has 0 saturated carbocycles. The quantitative estimate of drug-likeness (QED) is 0.409. The molecule has 8 nitrogen and oxygen atoms in total. The standard InChI is InChI=1S/C24H20N8/c25-12-3-14-32-15-13-26-24(32)22-11-10-19(27-22)16-17-6-8-18(9-7-17)20-4-1-2-5-21(20)23-28-30-31-29-23/h1-2,4-11,13,15,27H,3,14,16H2,(H,28,29,30,31). The number of nitrogens with zero attached hydrogens (tertiary/aromatic N) is 6. The maximum Gasteiger partial charge on any atom is 0.205 e. The highest BCUT2D eigenvalue weighted by Gasteiger charge is 2.11. The van der Waals surface area contributed by atoms with Crippen molar-refractivity contribution in [2.24, 2.45) is 0 Å². The van der Waals surface area contributed by atoms with Gasteiger partial charge in [0.05, 0.1) is 18.2 Å². The van der Waals surface area contributed by atoms with Crippen LogP contribution in [0.4, 0.5) is 0 Å². The Morgan fingerprint density at radius 1 is 0.969 bits per heavy atom. The summed E-state index contributed by atoms with van der Waals surface area (Å²) in [6.07, 6.45) is 4.90. The van der Waals surface area contributed by atoms with Crippen molar-refractivity contribution in [3.8, 4) is 40.1 Å². The first-order valence-corrected chi connectivity index (χ1v) is 10.3. The molecule has 0 radical (unpaired) electrons. The van der Waals surface area contributed by atoms with Crippen molar-refractivity contribution in [1.82, 2.24) is 35.2 Å². The van der Waals surface area contributed by atoms with Crippen LogP contribution in [0.15, 0.2) is 73.1 Å². The number of tetrazole rings is 1. The fraction of sp³-hybridized carbons (Fsp3) is 0.125. The third-order valence-corrected chi connectivity index (χ3v) is 5.34. The third kappa shape index (κ3) is 3.91. The predicted molar refractivity (Wildman–Crippen MR) is 120 cm³/mol. The smallest absolute Gasteiger partial charge is 0.205 e. The number of aromatic amines is 2. The number of hydrogen-bond acceptors (Lipinski definition) is 5. The van der Waals surface area contributed by atoms with Crippen LogP contribution in [0.3, 0.4) is 0 Å². The molecule has 0 aliphatic heterocycles. The molecule has 5 rings (SSSR count). The van der Waals surface area contributed by atoms with Crippen LogP contribution in [0.2, 0.25) is 0 Å². The zero-order valence-electron chi connectivity index (χ0n) is 17.2. The Bertz CT molecular complexity index is 1350. The molecule has 0 atom stereocenters. The number of hydrogen-bond donors (Lipinski definition) is 2. The van der Waals surface area contributed by atoms with Crippen molar-refractivity contribution in [2.45, 2.75) is 19.4 Å². The maximum atomic E-state index is 8.85. The molecule has 0 spiro atoms. The van der Waals surface area contributed by atoms with Crippen molar-refractivity contribution >= 4 is 0 Å². The van der Waals surface area contributed by atoms with Gasteiger partial charge in [0, 0.05) is 36.6 Å². The molecule has 2 N–H and O–H groups in total. The molecular weight excluding hydrogens is 400 g/mol. The van der Waals surface area contributed by atoms with Gasteiger partial charge in [0.2, 0.25) is 5.82 Å². The van der Waals surface area contributed by atoms with Crippen LogP contribution in [-0.4, -0.2) is 35.2 Å². The molecule has 32 heavy (non-hydrogen) atoms. The van der Waals surface area contributed by atoms with Crippen LogP contribution >= 0.6 is 0 Å². The van der Waals surface area contributed by atoms with Crippen molar-refractivity contribution in [1.29, 1.82) is 5.26 Å². The molecule has 3 aromatic heterocycles. The number of H-pyrrole nitrogens is 2. The minimum Gasteiger partial charge on any atom is -0.356 e. The fourth-order valence-corrected chi connectivity index (χ4v) is 3.81. The van der Waals surface area contributed by atoms with Gasteiger partial charge >= 0.3 is 0 Å². The monoisotopic (exact) mass is 420 g/mol. The van der Waals surface area contributed by atoms with Crippen molar-refractivity contribution in [3.05, 3.63) is 84.3 Å². The lowest BCUT2D eigenvalue weighted by atomic mass is 9.97. The summed E-state index contributed by atoms with van der Waals surface area (Å²) >= 11 is 0. The molecule has 3 heterocycles. The minimum atomic E-state index is 0.457. The highest BCUT2D eigenvalue weighted by Crippen LogP contribution is 2.30. The Hall–Kier alpha value is -4.51.